The van der Waals surface area contributed by atoms with Crippen LogP contribution in [0.2, 0.25) is 0 Å². The van der Waals surface area contributed by atoms with Crippen LogP contribution in [-0.2, 0) is 4.79 Å². The van der Waals surface area contributed by atoms with Crippen molar-refractivity contribution < 1.29 is 4.79 Å². The molecular formula is C13H21N3O. The summed E-state index contributed by atoms with van der Waals surface area (Å²) in [7, 11) is 0. The Kier molecular flexibility index (Phi) is 4.10. The first kappa shape index (κ1) is 13.5. The highest BCUT2D eigenvalue weighted by atomic mass is 16.2. The van der Waals surface area contributed by atoms with Crippen molar-refractivity contribution in [1.29, 1.82) is 0 Å². The maximum absolute atomic E-state index is 11.8. The molecule has 1 heterocycles. The van der Waals surface area contributed by atoms with Crippen molar-refractivity contribution in [3.63, 3.8) is 0 Å². The largest absolute Gasteiger partial charge is 0.359 e. The van der Waals surface area contributed by atoms with E-state index < -0.39 is 0 Å². The average Bonchev–Trinajstić information content (AvgIpc) is 2.19. The summed E-state index contributed by atoms with van der Waals surface area (Å²) < 4.78 is 0. The molecule has 94 valence electrons. The molecule has 0 radical (unpaired) electrons. The number of aryl methyl sites for hydroxylation is 1. The molecule has 1 amide bonds. The minimum absolute atomic E-state index is 0.0279. The fourth-order valence-corrected chi connectivity index (χ4v) is 1.32. The minimum atomic E-state index is -0.301. The van der Waals surface area contributed by atoms with Gasteiger partial charge in [0.25, 0.3) is 0 Å². The average molecular weight is 235 g/mol. The molecule has 4 nitrogen and oxygen atoms in total. The van der Waals surface area contributed by atoms with Crippen LogP contribution in [0.15, 0.2) is 18.3 Å². The van der Waals surface area contributed by atoms with Crippen LogP contribution in [0.5, 0.6) is 0 Å². The zero-order chi connectivity index (χ0) is 13.1. The van der Waals surface area contributed by atoms with Gasteiger partial charge in [-0.15, -0.1) is 0 Å². The quantitative estimate of drug-likeness (QED) is 0.843. The first-order chi connectivity index (χ1) is 7.78. The molecule has 0 saturated heterocycles. The summed E-state index contributed by atoms with van der Waals surface area (Å²) in [6.07, 6.45) is 1.77. The first-order valence-corrected chi connectivity index (χ1v) is 5.79. The Morgan fingerprint density at radius 2 is 2.00 bits per heavy atom. The predicted octanol–water partition coefficient (Wildman–Crippen LogP) is 2.11. The van der Waals surface area contributed by atoms with Gasteiger partial charge in [0.2, 0.25) is 5.91 Å². The summed E-state index contributed by atoms with van der Waals surface area (Å²) in [6, 6.07) is 3.53. The number of amides is 1. The molecule has 1 aromatic rings. The van der Waals surface area contributed by atoms with E-state index in [1.165, 1.54) is 0 Å². The number of carbonyl (C=O) groups excluding carboxylic acids is 1. The van der Waals surface area contributed by atoms with E-state index in [0.717, 1.165) is 5.56 Å². The number of hydrogen-bond donors (Lipinski definition) is 2. The number of hydrogen-bond acceptors (Lipinski definition) is 3. The highest BCUT2D eigenvalue weighted by Gasteiger charge is 2.19. The van der Waals surface area contributed by atoms with Crippen LogP contribution in [-0.4, -0.2) is 22.5 Å². The third-order valence-electron chi connectivity index (χ3n) is 2.17. The van der Waals surface area contributed by atoms with Crippen LogP contribution in [0.25, 0.3) is 0 Å². The Morgan fingerprint density at radius 1 is 1.35 bits per heavy atom. The molecule has 0 aromatic carbocycles. The smallest absolute Gasteiger partial charge is 0.242 e. The summed E-state index contributed by atoms with van der Waals surface area (Å²) in [5.41, 5.74) is 0.885. The predicted molar refractivity (Wildman–Crippen MR) is 70.0 cm³/mol. The Hall–Kier alpha value is -1.58. The maximum Gasteiger partial charge on any atom is 0.242 e. The van der Waals surface area contributed by atoms with Gasteiger partial charge in [-0.05, 0) is 46.2 Å². The van der Waals surface area contributed by atoms with Crippen LogP contribution < -0.4 is 10.6 Å². The lowest BCUT2D eigenvalue weighted by Gasteiger charge is -2.23. The van der Waals surface area contributed by atoms with E-state index in [4.69, 9.17) is 0 Å². The second-order valence-corrected chi connectivity index (χ2v) is 5.33. The Morgan fingerprint density at radius 3 is 2.47 bits per heavy atom. The van der Waals surface area contributed by atoms with Gasteiger partial charge in [-0.25, -0.2) is 4.98 Å². The van der Waals surface area contributed by atoms with Gasteiger partial charge in [0, 0.05) is 11.7 Å². The van der Waals surface area contributed by atoms with Crippen LogP contribution in [0.1, 0.15) is 33.3 Å². The van der Waals surface area contributed by atoms with Crippen LogP contribution in [0.3, 0.4) is 0 Å². The van der Waals surface area contributed by atoms with Crippen molar-refractivity contribution in [3.8, 4) is 0 Å². The van der Waals surface area contributed by atoms with E-state index >= 15 is 0 Å². The van der Waals surface area contributed by atoms with E-state index in [1.54, 1.807) is 6.20 Å². The minimum Gasteiger partial charge on any atom is -0.359 e. The second kappa shape index (κ2) is 5.17. The molecule has 0 spiro atoms. The van der Waals surface area contributed by atoms with Gasteiger partial charge in [-0.1, -0.05) is 6.07 Å². The molecule has 4 heteroatoms. The van der Waals surface area contributed by atoms with Crippen molar-refractivity contribution in [2.24, 2.45) is 0 Å². The van der Waals surface area contributed by atoms with Crippen LogP contribution in [0.4, 0.5) is 5.82 Å². The monoisotopic (exact) mass is 235 g/mol. The Labute approximate surface area is 103 Å². The molecule has 0 aliphatic carbocycles. The normalized spacial score (nSPS) is 13.0. The highest BCUT2D eigenvalue weighted by molar-refractivity contribution is 5.84. The third kappa shape index (κ3) is 4.85. The number of anilines is 1. The number of carbonyl (C=O) groups is 1. The van der Waals surface area contributed by atoms with Crippen molar-refractivity contribution in [3.05, 3.63) is 23.9 Å². The fourth-order valence-electron chi connectivity index (χ4n) is 1.32. The van der Waals surface area contributed by atoms with Gasteiger partial charge in [-0.2, -0.15) is 0 Å². The Balaban J connectivity index is 2.57. The van der Waals surface area contributed by atoms with Crippen molar-refractivity contribution in [1.82, 2.24) is 10.3 Å². The third-order valence-corrected chi connectivity index (χ3v) is 2.17. The number of nitrogens with zero attached hydrogens (tertiary/aromatic N) is 1. The highest BCUT2D eigenvalue weighted by Crippen LogP contribution is 2.06. The van der Waals surface area contributed by atoms with E-state index in [-0.39, 0.29) is 17.5 Å². The lowest BCUT2D eigenvalue weighted by atomic mass is 10.1. The van der Waals surface area contributed by atoms with E-state index in [2.05, 4.69) is 15.6 Å². The zero-order valence-corrected chi connectivity index (χ0v) is 11.2. The molecular weight excluding hydrogens is 214 g/mol. The van der Waals surface area contributed by atoms with Gasteiger partial charge in [0.05, 0.1) is 0 Å². The molecule has 1 aromatic heterocycles. The lowest BCUT2D eigenvalue weighted by Crippen LogP contribution is -2.47. The summed E-state index contributed by atoms with van der Waals surface area (Å²) in [5, 5.41) is 5.99. The van der Waals surface area contributed by atoms with Gasteiger partial charge >= 0.3 is 0 Å². The number of pyridine rings is 1. The van der Waals surface area contributed by atoms with Gasteiger partial charge in [-0.3, -0.25) is 4.79 Å². The molecule has 0 aliphatic rings. The SMILES string of the molecule is Cc1ccc(NC(C)C(=O)NC(C)(C)C)nc1. The topological polar surface area (TPSA) is 54.0 Å². The van der Waals surface area contributed by atoms with E-state index in [9.17, 15) is 4.79 Å². The molecule has 0 bridgehead atoms. The molecule has 1 atom stereocenters. The number of rotatable bonds is 3. The fraction of sp³-hybridized carbons (Fsp3) is 0.538. The van der Waals surface area contributed by atoms with Crippen molar-refractivity contribution >= 4 is 11.7 Å². The summed E-state index contributed by atoms with van der Waals surface area (Å²) in [5.74, 6) is 0.687. The molecule has 17 heavy (non-hydrogen) atoms. The van der Waals surface area contributed by atoms with Gasteiger partial charge in [0.1, 0.15) is 11.9 Å². The summed E-state index contributed by atoms with van der Waals surface area (Å²) in [6.45, 7) is 9.68. The standard InChI is InChI=1S/C13H21N3O/c1-9-6-7-11(14-8-9)15-10(2)12(17)16-13(3,4)5/h6-8,10H,1-5H3,(H,14,15)(H,16,17). The molecule has 2 N–H and O–H groups in total. The van der Waals surface area contributed by atoms with Crippen LogP contribution in [0, 0.1) is 6.92 Å². The second-order valence-electron chi connectivity index (χ2n) is 5.33. The Bertz CT molecular complexity index is 379. The number of aromatic nitrogens is 1. The zero-order valence-electron chi connectivity index (χ0n) is 11.2. The maximum atomic E-state index is 11.8. The number of nitrogens with one attached hydrogen (secondary N) is 2. The van der Waals surface area contributed by atoms with E-state index in [0.29, 0.717) is 5.82 Å². The van der Waals surface area contributed by atoms with Crippen molar-refractivity contribution in [2.75, 3.05) is 5.32 Å². The van der Waals surface area contributed by atoms with Gasteiger partial charge in [0.15, 0.2) is 0 Å². The molecule has 0 fully saturated rings. The van der Waals surface area contributed by atoms with Crippen LogP contribution >= 0.6 is 0 Å². The molecule has 1 unspecified atom stereocenters. The summed E-state index contributed by atoms with van der Waals surface area (Å²) >= 11 is 0. The van der Waals surface area contributed by atoms with E-state index in [1.807, 2.05) is 46.8 Å². The summed E-state index contributed by atoms with van der Waals surface area (Å²) in [4.78, 5) is 16.0. The lowest BCUT2D eigenvalue weighted by molar-refractivity contribution is -0.122. The van der Waals surface area contributed by atoms with Crippen molar-refractivity contribution in [2.45, 2.75) is 46.2 Å². The molecule has 1 rings (SSSR count). The first-order valence-electron chi connectivity index (χ1n) is 5.79. The molecule has 0 saturated carbocycles. The van der Waals surface area contributed by atoms with Gasteiger partial charge < -0.3 is 10.6 Å². The molecule has 0 aliphatic heterocycles.